The van der Waals surface area contributed by atoms with Gasteiger partial charge in [-0.3, -0.25) is 9.59 Å². The minimum Gasteiger partial charge on any atom is -0.497 e. The summed E-state index contributed by atoms with van der Waals surface area (Å²) in [5.41, 5.74) is 1.36. The number of amides is 2. The zero-order chi connectivity index (χ0) is 22.9. The number of hydrogen-bond donors (Lipinski definition) is 1. The second kappa shape index (κ2) is 8.24. The highest BCUT2D eigenvalue weighted by molar-refractivity contribution is 6.46. The molecule has 4 aromatic carbocycles. The van der Waals surface area contributed by atoms with E-state index in [1.165, 1.54) is 18.2 Å². The molecule has 2 amide bonds. The molecule has 0 aromatic heterocycles. The van der Waals surface area contributed by atoms with Gasteiger partial charge in [-0.1, -0.05) is 60.7 Å². The molecule has 0 atom stereocenters. The number of methoxy groups -OCH3 is 1. The van der Waals surface area contributed by atoms with Crippen molar-refractivity contribution in [3.8, 4) is 5.75 Å². The number of halogens is 1. The normalized spacial score (nSPS) is 13.7. The lowest BCUT2D eigenvalue weighted by Gasteiger charge is -2.16. The maximum Gasteiger partial charge on any atom is 0.282 e. The van der Waals surface area contributed by atoms with Gasteiger partial charge in [0.15, 0.2) is 0 Å². The lowest BCUT2D eigenvalue weighted by molar-refractivity contribution is -0.120. The average molecular weight is 438 g/mol. The number of nitrogens with zero attached hydrogens (tertiary/aromatic N) is 1. The Morgan fingerprint density at radius 1 is 0.788 bits per heavy atom. The molecule has 162 valence electrons. The molecule has 0 saturated heterocycles. The second-order valence-electron chi connectivity index (χ2n) is 7.53. The van der Waals surface area contributed by atoms with Gasteiger partial charge in [0.2, 0.25) is 0 Å². The van der Waals surface area contributed by atoms with Gasteiger partial charge in [0.25, 0.3) is 11.8 Å². The molecule has 1 heterocycles. The summed E-state index contributed by atoms with van der Waals surface area (Å²) in [6, 6.07) is 26.0. The molecule has 0 spiro atoms. The molecule has 0 fully saturated rings. The third-order valence-corrected chi connectivity index (χ3v) is 5.61. The Bertz CT molecular complexity index is 1420. The SMILES string of the molecule is COc1ccc(C2=C(Nc3cccc4ccccc34)C(=O)N(c3ccccc3F)C2=O)cc1. The van der Waals surface area contributed by atoms with Crippen LogP contribution < -0.4 is 15.0 Å². The molecule has 6 heteroatoms. The van der Waals surface area contributed by atoms with Crippen molar-refractivity contribution in [2.24, 2.45) is 0 Å². The van der Waals surface area contributed by atoms with Crippen LogP contribution in [-0.4, -0.2) is 18.9 Å². The van der Waals surface area contributed by atoms with E-state index in [9.17, 15) is 14.0 Å². The summed E-state index contributed by atoms with van der Waals surface area (Å²) in [5, 5.41) is 5.05. The van der Waals surface area contributed by atoms with E-state index in [0.717, 1.165) is 15.7 Å². The van der Waals surface area contributed by atoms with Crippen molar-refractivity contribution >= 4 is 39.5 Å². The van der Waals surface area contributed by atoms with Crippen molar-refractivity contribution in [1.29, 1.82) is 0 Å². The molecule has 0 unspecified atom stereocenters. The van der Waals surface area contributed by atoms with Gasteiger partial charge < -0.3 is 10.1 Å². The van der Waals surface area contributed by atoms with E-state index in [1.54, 1.807) is 37.4 Å². The molecular formula is C27H19FN2O3. The average Bonchev–Trinajstić information content (AvgIpc) is 3.09. The molecule has 1 N–H and O–H groups in total. The largest absolute Gasteiger partial charge is 0.497 e. The van der Waals surface area contributed by atoms with Gasteiger partial charge in [0.1, 0.15) is 17.3 Å². The van der Waals surface area contributed by atoms with E-state index >= 15 is 0 Å². The molecule has 5 nitrogen and oxygen atoms in total. The lowest BCUT2D eigenvalue weighted by Crippen LogP contribution is -2.33. The Labute approximate surface area is 189 Å². The Morgan fingerprint density at radius 3 is 2.24 bits per heavy atom. The molecule has 0 aliphatic carbocycles. The van der Waals surface area contributed by atoms with Crippen LogP contribution in [0, 0.1) is 5.82 Å². The van der Waals surface area contributed by atoms with Crippen LogP contribution in [0.4, 0.5) is 15.8 Å². The number of nitrogens with one attached hydrogen (secondary N) is 1. The third-order valence-electron chi connectivity index (χ3n) is 5.61. The first-order valence-corrected chi connectivity index (χ1v) is 10.4. The van der Waals surface area contributed by atoms with Crippen LogP contribution in [0.1, 0.15) is 5.56 Å². The molecule has 0 radical (unpaired) electrons. The van der Waals surface area contributed by atoms with Crippen molar-refractivity contribution in [2.45, 2.75) is 0 Å². The first-order valence-electron chi connectivity index (χ1n) is 10.4. The first kappa shape index (κ1) is 20.5. The highest BCUT2D eigenvalue weighted by atomic mass is 19.1. The van der Waals surface area contributed by atoms with Crippen LogP contribution in [0.5, 0.6) is 5.75 Å². The predicted octanol–water partition coefficient (Wildman–Crippen LogP) is 5.38. The predicted molar refractivity (Wildman–Crippen MR) is 126 cm³/mol. The Morgan fingerprint density at radius 2 is 1.48 bits per heavy atom. The fourth-order valence-corrected chi connectivity index (χ4v) is 3.99. The molecule has 0 saturated carbocycles. The molecule has 4 aromatic rings. The minimum atomic E-state index is -0.653. The zero-order valence-corrected chi connectivity index (χ0v) is 17.7. The van der Waals surface area contributed by atoms with E-state index in [2.05, 4.69) is 5.32 Å². The molecule has 0 bridgehead atoms. The zero-order valence-electron chi connectivity index (χ0n) is 17.7. The molecule has 5 rings (SSSR count). The van der Waals surface area contributed by atoms with E-state index in [4.69, 9.17) is 4.74 Å². The maximum absolute atomic E-state index is 14.6. The van der Waals surface area contributed by atoms with Crippen LogP contribution in [0.2, 0.25) is 0 Å². The summed E-state index contributed by atoms with van der Waals surface area (Å²) in [7, 11) is 1.55. The van der Waals surface area contributed by atoms with E-state index < -0.39 is 17.6 Å². The fourth-order valence-electron chi connectivity index (χ4n) is 3.99. The summed E-state index contributed by atoms with van der Waals surface area (Å²) < 4.78 is 19.8. The number of hydrogen-bond acceptors (Lipinski definition) is 4. The Balaban J connectivity index is 1.67. The number of benzene rings is 4. The van der Waals surface area contributed by atoms with Gasteiger partial charge >= 0.3 is 0 Å². The number of carbonyl (C=O) groups is 2. The van der Waals surface area contributed by atoms with Crippen molar-refractivity contribution in [3.63, 3.8) is 0 Å². The van der Waals surface area contributed by atoms with Crippen molar-refractivity contribution < 1.29 is 18.7 Å². The summed E-state index contributed by atoms with van der Waals surface area (Å²) in [6.45, 7) is 0. The lowest BCUT2D eigenvalue weighted by atomic mass is 10.0. The monoisotopic (exact) mass is 438 g/mol. The van der Waals surface area contributed by atoms with Gasteiger partial charge in [0.05, 0.1) is 18.4 Å². The summed E-state index contributed by atoms with van der Waals surface area (Å²) >= 11 is 0. The van der Waals surface area contributed by atoms with Crippen molar-refractivity contribution in [2.75, 3.05) is 17.3 Å². The molecule has 33 heavy (non-hydrogen) atoms. The number of imide groups is 1. The van der Waals surface area contributed by atoms with Crippen molar-refractivity contribution in [1.82, 2.24) is 0 Å². The van der Waals surface area contributed by atoms with Crippen LogP contribution >= 0.6 is 0 Å². The maximum atomic E-state index is 14.6. The number of carbonyl (C=O) groups excluding carboxylic acids is 2. The quantitative estimate of drug-likeness (QED) is 0.425. The summed E-state index contributed by atoms with van der Waals surface area (Å²) in [6.07, 6.45) is 0. The minimum absolute atomic E-state index is 0.0878. The third kappa shape index (κ3) is 3.51. The standard InChI is InChI=1S/C27H19FN2O3/c1-33-19-15-13-18(14-16-19)24-25(29-22-11-6-8-17-7-2-3-9-20(17)22)27(32)30(26(24)31)23-12-5-4-10-21(23)28/h2-16,29H,1H3. The number of anilines is 2. The Kier molecular flexibility index (Phi) is 5.11. The van der Waals surface area contributed by atoms with Crippen LogP contribution in [0.3, 0.4) is 0 Å². The molecular weight excluding hydrogens is 419 g/mol. The number of rotatable bonds is 5. The van der Waals surface area contributed by atoms with Gasteiger partial charge in [0, 0.05) is 11.1 Å². The number of fused-ring (bicyclic) bond motifs is 1. The highest BCUT2D eigenvalue weighted by Gasteiger charge is 2.41. The van der Waals surface area contributed by atoms with E-state index in [0.29, 0.717) is 17.0 Å². The van der Waals surface area contributed by atoms with Gasteiger partial charge in [-0.15, -0.1) is 0 Å². The Hall–Kier alpha value is -4.45. The van der Waals surface area contributed by atoms with Gasteiger partial charge in [-0.25, -0.2) is 9.29 Å². The number of ether oxygens (including phenoxy) is 1. The summed E-state index contributed by atoms with van der Waals surface area (Å²) in [5.74, 6) is -1.26. The number of para-hydroxylation sites is 1. The first-order chi connectivity index (χ1) is 16.1. The molecule has 1 aliphatic heterocycles. The van der Waals surface area contributed by atoms with Crippen LogP contribution in [-0.2, 0) is 9.59 Å². The topological polar surface area (TPSA) is 58.6 Å². The van der Waals surface area contributed by atoms with Gasteiger partial charge in [-0.05, 0) is 41.3 Å². The highest BCUT2D eigenvalue weighted by Crippen LogP contribution is 2.36. The van der Waals surface area contributed by atoms with E-state index in [-0.39, 0.29) is 17.0 Å². The fraction of sp³-hybridized carbons (Fsp3) is 0.0370. The van der Waals surface area contributed by atoms with Crippen molar-refractivity contribution in [3.05, 3.63) is 108 Å². The summed E-state index contributed by atoms with van der Waals surface area (Å²) in [4.78, 5) is 27.9. The molecule has 1 aliphatic rings. The van der Waals surface area contributed by atoms with Gasteiger partial charge in [-0.2, -0.15) is 0 Å². The van der Waals surface area contributed by atoms with Crippen LogP contribution in [0.25, 0.3) is 16.3 Å². The smallest absolute Gasteiger partial charge is 0.282 e. The van der Waals surface area contributed by atoms with E-state index in [1.807, 2.05) is 42.5 Å². The van der Waals surface area contributed by atoms with Crippen LogP contribution in [0.15, 0.2) is 96.7 Å². The second-order valence-corrected chi connectivity index (χ2v) is 7.53.